The van der Waals surface area contributed by atoms with Gasteiger partial charge >= 0.3 is 23.1 Å². The van der Waals surface area contributed by atoms with E-state index in [1.807, 2.05) is 0 Å². The summed E-state index contributed by atoms with van der Waals surface area (Å²) >= 11 is 0. The van der Waals surface area contributed by atoms with E-state index in [0.717, 1.165) is 0 Å². The quantitative estimate of drug-likeness (QED) is 0.344. The Labute approximate surface area is 57.5 Å². The molecule has 0 aromatic heterocycles. The van der Waals surface area contributed by atoms with Gasteiger partial charge in [0.1, 0.15) is 0 Å². The molecule has 0 spiro atoms. The van der Waals surface area contributed by atoms with Crippen LogP contribution in [0.15, 0.2) is 0 Å². The first-order valence-electron chi connectivity index (χ1n) is 1.69. The SMILES string of the molecule is C[CH-]CC.[CH3-].[Mg+2]. The Hall–Kier alpha value is 0.766. The second kappa shape index (κ2) is 17.1. The van der Waals surface area contributed by atoms with Gasteiger partial charge in [0, 0.05) is 0 Å². The van der Waals surface area contributed by atoms with Gasteiger partial charge < -0.3 is 13.8 Å². The second-order valence-electron chi connectivity index (χ2n) is 0.816. The van der Waals surface area contributed by atoms with Crippen LogP contribution in [0, 0.1) is 13.8 Å². The molecule has 0 nitrogen and oxygen atoms in total. The van der Waals surface area contributed by atoms with Gasteiger partial charge in [-0.25, -0.2) is 0 Å². The third-order valence-corrected chi connectivity index (χ3v) is 0.408. The first-order valence-corrected chi connectivity index (χ1v) is 1.69. The van der Waals surface area contributed by atoms with E-state index in [-0.39, 0.29) is 30.5 Å². The average molecular weight is 96.5 g/mol. The van der Waals surface area contributed by atoms with Crippen LogP contribution in [0.2, 0.25) is 0 Å². The summed E-state index contributed by atoms with van der Waals surface area (Å²) in [5, 5.41) is 0. The Kier molecular flexibility index (Phi) is 45.3. The van der Waals surface area contributed by atoms with Crippen molar-refractivity contribution in [2.75, 3.05) is 0 Å². The van der Waals surface area contributed by atoms with Crippen LogP contribution in [0.5, 0.6) is 0 Å². The van der Waals surface area contributed by atoms with E-state index in [0.29, 0.717) is 0 Å². The van der Waals surface area contributed by atoms with Gasteiger partial charge in [0.15, 0.2) is 0 Å². The summed E-state index contributed by atoms with van der Waals surface area (Å²) in [6.07, 6.45) is 3.32. The predicted octanol–water partition coefficient (Wildman–Crippen LogP) is 1.69. The van der Waals surface area contributed by atoms with Gasteiger partial charge in [-0.05, 0) is 0 Å². The minimum atomic E-state index is 0. The molecule has 0 heterocycles. The molecule has 0 aliphatic carbocycles. The van der Waals surface area contributed by atoms with Gasteiger partial charge in [-0.3, -0.25) is 0 Å². The largest absolute Gasteiger partial charge is 2.00 e. The zero-order valence-electron chi connectivity index (χ0n) is 4.99. The second-order valence-corrected chi connectivity index (χ2v) is 0.816. The van der Waals surface area contributed by atoms with Crippen LogP contribution in [-0.2, 0) is 0 Å². The van der Waals surface area contributed by atoms with Crippen LogP contribution < -0.4 is 0 Å². The van der Waals surface area contributed by atoms with Gasteiger partial charge in [0.05, 0.1) is 0 Å². The van der Waals surface area contributed by atoms with Crippen molar-refractivity contribution < 1.29 is 0 Å². The molecule has 0 saturated carbocycles. The molecule has 0 bridgehead atoms. The van der Waals surface area contributed by atoms with Crippen molar-refractivity contribution in [2.45, 2.75) is 20.3 Å². The first-order chi connectivity index (χ1) is 1.91. The van der Waals surface area contributed by atoms with Crippen molar-refractivity contribution >= 4 is 23.1 Å². The number of hydrogen-bond donors (Lipinski definition) is 0. The normalized spacial score (nSPS) is 5.00. The Morgan fingerprint density at radius 3 is 1.67 bits per heavy atom. The zero-order chi connectivity index (χ0) is 3.41. The molecule has 0 saturated heterocycles. The number of rotatable bonds is 1. The Balaban J connectivity index is -0.0000000450. The molecule has 0 aromatic carbocycles. The molecule has 0 atom stereocenters. The molecule has 0 fully saturated rings. The molecular weight excluding hydrogens is 84.4 g/mol. The standard InChI is InChI=1S/C4H9.CH3.Mg/c1-3-4-2;;/h3H,4H2,1-2H3;1H3;/q2*-1;+2. The maximum absolute atomic E-state index is 2.12. The fourth-order valence-electron chi connectivity index (χ4n) is 0. The van der Waals surface area contributed by atoms with E-state index >= 15 is 0 Å². The summed E-state index contributed by atoms with van der Waals surface area (Å²) in [6, 6.07) is 0. The van der Waals surface area contributed by atoms with Gasteiger partial charge in [-0.1, -0.05) is 6.92 Å². The van der Waals surface area contributed by atoms with Gasteiger partial charge in [-0.2, -0.15) is 13.3 Å². The first kappa shape index (κ1) is 15.9. The Bertz CT molecular complexity index is 5.90. The van der Waals surface area contributed by atoms with Gasteiger partial charge in [-0.15, -0.1) is 0 Å². The van der Waals surface area contributed by atoms with Crippen LogP contribution in [0.25, 0.3) is 0 Å². The van der Waals surface area contributed by atoms with Gasteiger partial charge in [0.25, 0.3) is 0 Å². The van der Waals surface area contributed by atoms with Gasteiger partial charge in [0.2, 0.25) is 0 Å². The van der Waals surface area contributed by atoms with Crippen LogP contribution in [-0.4, -0.2) is 23.1 Å². The minimum Gasteiger partial charge on any atom is -0.358 e. The summed E-state index contributed by atoms with van der Waals surface area (Å²) in [4.78, 5) is 0. The third kappa shape index (κ3) is 21.7. The molecule has 0 amide bonds. The molecule has 0 rings (SSSR count). The minimum absolute atomic E-state index is 0. The Morgan fingerprint density at radius 1 is 1.50 bits per heavy atom. The topological polar surface area (TPSA) is 0 Å². The van der Waals surface area contributed by atoms with E-state index < -0.39 is 0 Å². The molecule has 0 aliphatic heterocycles. The fourth-order valence-corrected chi connectivity index (χ4v) is 0. The van der Waals surface area contributed by atoms with Crippen molar-refractivity contribution in [3.63, 3.8) is 0 Å². The van der Waals surface area contributed by atoms with Crippen LogP contribution in [0.4, 0.5) is 0 Å². The van der Waals surface area contributed by atoms with Crippen LogP contribution in [0.1, 0.15) is 20.3 Å². The molecule has 0 N–H and O–H groups in total. The molecule has 0 aliphatic rings. The molecular formula is C5H12Mg. The summed E-state index contributed by atoms with van der Waals surface area (Å²) in [5.74, 6) is 0. The molecule has 0 aromatic rings. The molecule has 0 unspecified atom stereocenters. The van der Waals surface area contributed by atoms with Crippen LogP contribution in [0.3, 0.4) is 0 Å². The monoisotopic (exact) mass is 96.1 g/mol. The third-order valence-electron chi connectivity index (χ3n) is 0.408. The fraction of sp³-hybridized carbons (Fsp3) is 0.600. The van der Waals surface area contributed by atoms with E-state index in [2.05, 4.69) is 20.3 Å². The molecule has 0 radical (unpaired) electrons. The summed E-state index contributed by atoms with van der Waals surface area (Å²) in [5.41, 5.74) is 0. The van der Waals surface area contributed by atoms with E-state index in [1.54, 1.807) is 0 Å². The molecule has 1 heteroatoms. The molecule has 6 heavy (non-hydrogen) atoms. The van der Waals surface area contributed by atoms with Crippen molar-refractivity contribution in [3.8, 4) is 0 Å². The molecule has 34 valence electrons. The average Bonchev–Trinajstić information content (AvgIpc) is 1.37. The Morgan fingerprint density at radius 2 is 1.67 bits per heavy atom. The number of hydrogen-bond acceptors (Lipinski definition) is 0. The smallest absolute Gasteiger partial charge is 0.358 e. The number of unbranched alkanes of at least 4 members (excludes halogenated alkanes) is 1. The van der Waals surface area contributed by atoms with Crippen molar-refractivity contribution in [1.82, 2.24) is 0 Å². The summed E-state index contributed by atoms with van der Waals surface area (Å²) in [6.45, 7) is 4.18. The van der Waals surface area contributed by atoms with Crippen molar-refractivity contribution in [3.05, 3.63) is 13.8 Å². The maximum atomic E-state index is 2.12. The van der Waals surface area contributed by atoms with E-state index in [4.69, 9.17) is 0 Å². The van der Waals surface area contributed by atoms with E-state index in [1.165, 1.54) is 6.42 Å². The summed E-state index contributed by atoms with van der Waals surface area (Å²) in [7, 11) is 0. The van der Waals surface area contributed by atoms with E-state index in [9.17, 15) is 0 Å². The predicted molar refractivity (Wildman–Crippen MR) is 32.4 cm³/mol. The van der Waals surface area contributed by atoms with Crippen LogP contribution >= 0.6 is 0 Å². The maximum Gasteiger partial charge on any atom is 2.00 e. The van der Waals surface area contributed by atoms with Crippen molar-refractivity contribution in [1.29, 1.82) is 0 Å². The zero-order valence-corrected chi connectivity index (χ0v) is 6.41. The van der Waals surface area contributed by atoms with Crippen molar-refractivity contribution in [2.24, 2.45) is 0 Å². The summed E-state index contributed by atoms with van der Waals surface area (Å²) < 4.78 is 0.